The highest BCUT2D eigenvalue weighted by Gasteiger charge is 2.33. The average Bonchev–Trinajstić information content (AvgIpc) is 3.18. The summed E-state index contributed by atoms with van der Waals surface area (Å²) in [6, 6.07) is 1.87. The summed E-state index contributed by atoms with van der Waals surface area (Å²) < 4.78 is 13.1. The number of esters is 1. The molecule has 0 radical (unpaired) electrons. The fourth-order valence-corrected chi connectivity index (χ4v) is 4.56. The molecular formula is C20H29N3O3S. The van der Waals surface area contributed by atoms with E-state index in [4.69, 9.17) is 9.15 Å². The van der Waals surface area contributed by atoms with Crippen molar-refractivity contribution in [2.24, 2.45) is 24.8 Å². The summed E-state index contributed by atoms with van der Waals surface area (Å²) in [5.74, 6) is 3.21. The first-order valence-electron chi connectivity index (χ1n) is 9.63. The van der Waals surface area contributed by atoms with Gasteiger partial charge < -0.3 is 13.7 Å². The first-order chi connectivity index (χ1) is 12.9. The van der Waals surface area contributed by atoms with Gasteiger partial charge in [-0.05, 0) is 43.6 Å². The molecule has 2 aromatic heterocycles. The van der Waals surface area contributed by atoms with E-state index >= 15 is 0 Å². The minimum absolute atomic E-state index is 0.0329. The number of hydrogen-bond acceptors (Lipinski definition) is 6. The van der Waals surface area contributed by atoms with Gasteiger partial charge in [0.25, 0.3) is 0 Å². The third-order valence-electron chi connectivity index (χ3n) is 5.50. The molecule has 0 spiro atoms. The van der Waals surface area contributed by atoms with Gasteiger partial charge in [-0.1, -0.05) is 39.0 Å². The molecule has 1 aliphatic rings. The average molecular weight is 392 g/mol. The standard InChI is InChI=1S/C20H29N3O3S/c1-12(2)15-7-6-13(3)10-17(15)26-18(24)11-27-20-22-21-19(23(20)5)16-8-9-25-14(16)4/h8-9,12-13,15,17H,6-7,10-11H2,1-5H3/t13-,15+,17-/m0/s1. The van der Waals surface area contributed by atoms with Gasteiger partial charge in [0.15, 0.2) is 11.0 Å². The van der Waals surface area contributed by atoms with Crippen LogP contribution in [-0.2, 0) is 16.6 Å². The molecule has 148 valence electrons. The number of hydrogen-bond donors (Lipinski definition) is 0. The van der Waals surface area contributed by atoms with Gasteiger partial charge in [0.05, 0.1) is 17.6 Å². The minimum Gasteiger partial charge on any atom is -0.469 e. The van der Waals surface area contributed by atoms with Gasteiger partial charge in [-0.15, -0.1) is 10.2 Å². The lowest BCUT2D eigenvalue weighted by atomic mass is 9.75. The molecule has 1 saturated carbocycles. The number of ether oxygens (including phenoxy) is 1. The van der Waals surface area contributed by atoms with Crippen molar-refractivity contribution >= 4 is 17.7 Å². The quantitative estimate of drug-likeness (QED) is 0.534. The third-order valence-corrected chi connectivity index (χ3v) is 6.49. The molecule has 0 unspecified atom stereocenters. The Morgan fingerprint density at radius 2 is 2.19 bits per heavy atom. The number of nitrogens with zero attached hydrogens (tertiary/aromatic N) is 3. The maximum atomic E-state index is 12.4. The van der Waals surface area contributed by atoms with E-state index in [1.165, 1.54) is 18.2 Å². The van der Waals surface area contributed by atoms with Gasteiger partial charge in [-0.2, -0.15) is 0 Å². The van der Waals surface area contributed by atoms with E-state index in [9.17, 15) is 4.79 Å². The molecule has 0 amide bonds. The van der Waals surface area contributed by atoms with Crippen LogP contribution in [0.25, 0.3) is 11.4 Å². The number of aryl methyl sites for hydroxylation is 1. The highest BCUT2D eigenvalue weighted by atomic mass is 32.2. The van der Waals surface area contributed by atoms with E-state index in [1.54, 1.807) is 6.26 Å². The molecule has 0 bridgehead atoms. The Bertz CT molecular complexity index is 783. The SMILES string of the molecule is Cc1occc1-c1nnc(SCC(=O)O[C@H]2C[C@@H](C)CC[C@@H]2C(C)C)n1C. The zero-order chi connectivity index (χ0) is 19.6. The van der Waals surface area contributed by atoms with Gasteiger partial charge in [-0.25, -0.2) is 0 Å². The number of aromatic nitrogens is 3. The molecule has 3 atom stereocenters. The zero-order valence-electron chi connectivity index (χ0n) is 16.8. The van der Waals surface area contributed by atoms with E-state index in [1.807, 2.05) is 24.6 Å². The van der Waals surface area contributed by atoms with Crippen molar-refractivity contribution in [3.05, 3.63) is 18.1 Å². The summed E-state index contributed by atoms with van der Waals surface area (Å²) in [4.78, 5) is 12.4. The van der Waals surface area contributed by atoms with E-state index in [-0.39, 0.29) is 17.8 Å². The van der Waals surface area contributed by atoms with Crippen LogP contribution < -0.4 is 0 Å². The largest absolute Gasteiger partial charge is 0.469 e. The molecule has 1 fully saturated rings. The van der Waals surface area contributed by atoms with Crippen LogP contribution in [0.3, 0.4) is 0 Å². The van der Waals surface area contributed by atoms with Gasteiger partial charge >= 0.3 is 5.97 Å². The Balaban J connectivity index is 1.59. The maximum Gasteiger partial charge on any atom is 0.316 e. The van der Waals surface area contributed by atoms with Gasteiger partial charge in [-0.3, -0.25) is 4.79 Å². The van der Waals surface area contributed by atoms with Crippen molar-refractivity contribution in [1.82, 2.24) is 14.8 Å². The molecule has 27 heavy (non-hydrogen) atoms. The van der Waals surface area contributed by atoms with Crippen molar-refractivity contribution in [2.75, 3.05) is 5.75 Å². The Kier molecular flexibility index (Phi) is 6.29. The van der Waals surface area contributed by atoms with Gasteiger partial charge in [0, 0.05) is 7.05 Å². The molecule has 0 saturated heterocycles. The van der Waals surface area contributed by atoms with Crippen molar-refractivity contribution in [2.45, 2.75) is 58.2 Å². The minimum atomic E-state index is -0.172. The maximum absolute atomic E-state index is 12.4. The Hall–Kier alpha value is -1.76. The van der Waals surface area contributed by atoms with Crippen LogP contribution in [0.2, 0.25) is 0 Å². The lowest BCUT2D eigenvalue weighted by molar-refractivity contribution is -0.152. The molecule has 2 aromatic rings. The summed E-state index contributed by atoms with van der Waals surface area (Å²) in [5, 5.41) is 9.15. The fourth-order valence-electron chi connectivity index (χ4n) is 3.87. The second kappa shape index (κ2) is 8.50. The van der Waals surface area contributed by atoms with Crippen molar-refractivity contribution in [3.8, 4) is 11.4 Å². The molecule has 0 aliphatic heterocycles. The predicted octanol–water partition coefficient (Wildman–Crippen LogP) is 4.48. The lowest BCUT2D eigenvalue weighted by Crippen LogP contribution is -2.36. The molecule has 0 N–H and O–H groups in total. The second-order valence-corrected chi connectivity index (χ2v) is 8.84. The normalized spacial score (nSPS) is 23.0. The van der Waals surface area contributed by atoms with Crippen LogP contribution in [0.5, 0.6) is 0 Å². The van der Waals surface area contributed by atoms with Crippen molar-refractivity contribution in [1.29, 1.82) is 0 Å². The van der Waals surface area contributed by atoms with Crippen LogP contribution in [0.1, 0.15) is 45.8 Å². The number of rotatable bonds is 6. The second-order valence-electron chi connectivity index (χ2n) is 7.90. The summed E-state index contributed by atoms with van der Waals surface area (Å²) in [6.07, 6.45) is 5.00. The Labute approximate surface area is 165 Å². The molecule has 1 aliphatic carbocycles. The first-order valence-corrected chi connectivity index (χ1v) is 10.6. The van der Waals surface area contributed by atoms with Crippen molar-refractivity contribution in [3.63, 3.8) is 0 Å². The first kappa shape index (κ1) is 20.0. The van der Waals surface area contributed by atoms with Crippen LogP contribution in [0, 0.1) is 24.7 Å². The van der Waals surface area contributed by atoms with Crippen LogP contribution >= 0.6 is 11.8 Å². The van der Waals surface area contributed by atoms with Crippen LogP contribution in [0.15, 0.2) is 21.9 Å². The third kappa shape index (κ3) is 4.57. The molecule has 3 rings (SSSR count). The lowest BCUT2D eigenvalue weighted by Gasteiger charge is -2.36. The summed E-state index contributed by atoms with van der Waals surface area (Å²) >= 11 is 1.36. The van der Waals surface area contributed by atoms with Gasteiger partial charge in [0.1, 0.15) is 11.9 Å². The number of carbonyl (C=O) groups excluding carboxylic acids is 1. The zero-order valence-corrected chi connectivity index (χ0v) is 17.6. The van der Waals surface area contributed by atoms with E-state index in [2.05, 4.69) is 31.0 Å². The smallest absolute Gasteiger partial charge is 0.316 e. The molecule has 7 heteroatoms. The molecule has 2 heterocycles. The van der Waals surface area contributed by atoms with E-state index in [0.29, 0.717) is 22.9 Å². The van der Waals surface area contributed by atoms with Crippen LogP contribution in [0.4, 0.5) is 0 Å². The topological polar surface area (TPSA) is 70.2 Å². The van der Waals surface area contributed by atoms with Gasteiger partial charge in [0.2, 0.25) is 0 Å². The van der Waals surface area contributed by atoms with E-state index in [0.717, 1.165) is 30.0 Å². The van der Waals surface area contributed by atoms with E-state index < -0.39 is 0 Å². The number of carbonyl (C=O) groups is 1. The molecule has 6 nitrogen and oxygen atoms in total. The molecular weight excluding hydrogens is 362 g/mol. The Morgan fingerprint density at radius 1 is 1.41 bits per heavy atom. The fraction of sp³-hybridized carbons (Fsp3) is 0.650. The monoisotopic (exact) mass is 391 g/mol. The summed E-state index contributed by atoms with van der Waals surface area (Å²) in [6.45, 7) is 8.57. The Morgan fingerprint density at radius 3 is 2.85 bits per heavy atom. The summed E-state index contributed by atoms with van der Waals surface area (Å²) in [5.41, 5.74) is 0.912. The molecule has 0 aromatic carbocycles. The highest BCUT2D eigenvalue weighted by molar-refractivity contribution is 7.99. The summed E-state index contributed by atoms with van der Waals surface area (Å²) in [7, 11) is 1.90. The van der Waals surface area contributed by atoms with Crippen molar-refractivity contribution < 1.29 is 13.9 Å². The highest BCUT2D eigenvalue weighted by Crippen LogP contribution is 2.35. The number of thioether (sulfide) groups is 1. The number of furan rings is 1. The predicted molar refractivity (Wildman–Crippen MR) is 105 cm³/mol. The van der Waals surface area contributed by atoms with Crippen LogP contribution in [-0.4, -0.2) is 32.6 Å².